The molecule has 0 radical (unpaired) electrons. The molecular formula is C21H29N3O3. The van der Waals surface area contributed by atoms with Crippen LogP contribution in [0.1, 0.15) is 79.9 Å². The number of fused-ring (bicyclic) bond motifs is 1. The summed E-state index contributed by atoms with van der Waals surface area (Å²) in [5, 5.41) is 8.53. The normalized spacial score (nSPS) is 17.7. The fourth-order valence-corrected chi connectivity index (χ4v) is 3.30. The van der Waals surface area contributed by atoms with E-state index in [0.29, 0.717) is 12.2 Å². The number of esters is 1. The van der Waals surface area contributed by atoms with Crippen molar-refractivity contribution in [2.45, 2.75) is 71.2 Å². The van der Waals surface area contributed by atoms with Gasteiger partial charge in [0.25, 0.3) is 0 Å². The van der Waals surface area contributed by atoms with Crippen molar-refractivity contribution in [1.82, 2.24) is 15.0 Å². The first-order valence-electron chi connectivity index (χ1n) is 9.66. The predicted molar refractivity (Wildman–Crippen MR) is 102 cm³/mol. The number of ether oxygens (including phenoxy) is 2. The minimum atomic E-state index is -0.495. The zero-order chi connectivity index (χ0) is 19.4. The Bertz CT molecular complexity index is 775. The van der Waals surface area contributed by atoms with Crippen molar-refractivity contribution in [3.63, 3.8) is 0 Å². The maximum atomic E-state index is 12.1. The number of carbonyl (C=O) groups excluding carboxylic acids is 1. The highest BCUT2D eigenvalue weighted by atomic mass is 16.6. The minimum absolute atomic E-state index is 0.0282. The molecule has 27 heavy (non-hydrogen) atoms. The van der Waals surface area contributed by atoms with Crippen LogP contribution in [0.4, 0.5) is 0 Å². The molecule has 0 aliphatic heterocycles. The Labute approximate surface area is 160 Å². The van der Waals surface area contributed by atoms with Crippen molar-refractivity contribution in [3.8, 4) is 0 Å². The Hall–Kier alpha value is -2.21. The number of carbonyl (C=O) groups is 1. The molecule has 0 amide bonds. The quantitative estimate of drug-likeness (QED) is 0.756. The molecule has 6 heteroatoms. The number of aromatic nitrogens is 3. The van der Waals surface area contributed by atoms with Gasteiger partial charge in [0, 0.05) is 7.05 Å². The van der Waals surface area contributed by atoms with Gasteiger partial charge in [-0.05, 0) is 57.7 Å². The van der Waals surface area contributed by atoms with Gasteiger partial charge in [0.15, 0.2) is 0 Å². The van der Waals surface area contributed by atoms with Crippen LogP contribution in [-0.2, 0) is 29.5 Å². The van der Waals surface area contributed by atoms with Crippen LogP contribution in [0.15, 0.2) is 24.3 Å². The summed E-state index contributed by atoms with van der Waals surface area (Å²) in [5.41, 5.74) is 3.24. The Kier molecular flexibility index (Phi) is 5.95. The van der Waals surface area contributed by atoms with E-state index in [4.69, 9.17) is 9.47 Å². The summed E-state index contributed by atoms with van der Waals surface area (Å²) in [6, 6.07) is 7.41. The van der Waals surface area contributed by atoms with Gasteiger partial charge in [-0.3, -0.25) is 4.68 Å². The molecule has 0 spiro atoms. The lowest BCUT2D eigenvalue weighted by Gasteiger charge is -2.20. The molecule has 0 fully saturated rings. The van der Waals surface area contributed by atoms with Gasteiger partial charge in [-0.1, -0.05) is 30.2 Å². The van der Waals surface area contributed by atoms with Gasteiger partial charge in [0.2, 0.25) is 0 Å². The third-order valence-corrected chi connectivity index (χ3v) is 4.70. The number of hydrogen-bond donors (Lipinski definition) is 0. The number of nitrogens with zero attached hydrogens (tertiary/aromatic N) is 3. The molecule has 0 N–H and O–H groups in total. The monoisotopic (exact) mass is 371 g/mol. The van der Waals surface area contributed by atoms with Gasteiger partial charge in [0.1, 0.15) is 17.4 Å². The summed E-state index contributed by atoms with van der Waals surface area (Å²) in [6.07, 6.45) is 5.45. The van der Waals surface area contributed by atoms with E-state index < -0.39 is 5.60 Å². The number of benzene rings is 1. The fraction of sp³-hybridized carbons (Fsp3) is 0.571. The molecule has 1 aromatic heterocycles. The van der Waals surface area contributed by atoms with Gasteiger partial charge in [0.05, 0.1) is 17.9 Å². The lowest BCUT2D eigenvalue weighted by atomic mass is 9.99. The lowest BCUT2D eigenvalue weighted by molar-refractivity contribution is 0.00689. The van der Waals surface area contributed by atoms with Crippen LogP contribution in [0.5, 0.6) is 0 Å². The van der Waals surface area contributed by atoms with E-state index in [1.54, 1.807) is 12.1 Å². The minimum Gasteiger partial charge on any atom is -0.456 e. The topological polar surface area (TPSA) is 66.2 Å². The molecule has 1 heterocycles. The zero-order valence-corrected chi connectivity index (χ0v) is 16.7. The summed E-state index contributed by atoms with van der Waals surface area (Å²) in [7, 11) is 1.94. The van der Waals surface area contributed by atoms with Crippen molar-refractivity contribution in [2.24, 2.45) is 7.05 Å². The lowest BCUT2D eigenvalue weighted by Crippen LogP contribution is -2.23. The van der Waals surface area contributed by atoms with Crippen LogP contribution >= 0.6 is 0 Å². The molecule has 6 nitrogen and oxygen atoms in total. The molecule has 146 valence electrons. The zero-order valence-electron chi connectivity index (χ0n) is 16.7. The van der Waals surface area contributed by atoms with Crippen molar-refractivity contribution in [2.75, 3.05) is 0 Å². The van der Waals surface area contributed by atoms with Gasteiger partial charge in [-0.15, -0.1) is 5.10 Å². The van der Waals surface area contributed by atoms with E-state index in [9.17, 15) is 4.79 Å². The van der Waals surface area contributed by atoms with Gasteiger partial charge < -0.3 is 9.47 Å². The van der Waals surface area contributed by atoms with E-state index in [0.717, 1.165) is 30.5 Å². The molecular weight excluding hydrogens is 342 g/mol. The fourth-order valence-electron chi connectivity index (χ4n) is 3.30. The number of rotatable bonds is 4. The molecule has 3 rings (SSSR count). The third-order valence-electron chi connectivity index (χ3n) is 4.70. The van der Waals surface area contributed by atoms with Crippen LogP contribution < -0.4 is 0 Å². The summed E-state index contributed by atoms with van der Waals surface area (Å²) in [6.45, 7) is 6.07. The molecule has 1 aliphatic rings. The second kappa shape index (κ2) is 8.21. The maximum absolute atomic E-state index is 12.1. The van der Waals surface area contributed by atoms with E-state index in [1.165, 1.54) is 18.5 Å². The van der Waals surface area contributed by atoms with E-state index >= 15 is 0 Å². The Morgan fingerprint density at radius 3 is 2.63 bits per heavy atom. The summed E-state index contributed by atoms with van der Waals surface area (Å²) < 4.78 is 13.5. The molecule has 0 saturated heterocycles. The smallest absolute Gasteiger partial charge is 0.338 e. The van der Waals surface area contributed by atoms with Crippen LogP contribution in [0.3, 0.4) is 0 Å². The Balaban J connectivity index is 1.64. The SMILES string of the molecule is Cn1nnc2c1CCCCCC2OCc1ccc(C(=O)OC(C)(C)C)cc1. The average molecular weight is 371 g/mol. The first kappa shape index (κ1) is 19.5. The molecule has 1 aromatic carbocycles. The maximum Gasteiger partial charge on any atom is 0.338 e. The van der Waals surface area contributed by atoms with E-state index in [-0.39, 0.29) is 12.1 Å². The molecule has 2 aromatic rings. The van der Waals surface area contributed by atoms with Crippen LogP contribution in [0, 0.1) is 0 Å². The van der Waals surface area contributed by atoms with Crippen LogP contribution in [0.2, 0.25) is 0 Å². The average Bonchev–Trinajstić information content (AvgIpc) is 2.93. The van der Waals surface area contributed by atoms with Crippen molar-refractivity contribution in [1.29, 1.82) is 0 Å². The largest absolute Gasteiger partial charge is 0.456 e. The Morgan fingerprint density at radius 2 is 1.93 bits per heavy atom. The van der Waals surface area contributed by atoms with Crippen LogP contribution in [-0.4, -0.2) is 26.6 Å². The summed E-state index contributed by atoms with van der Waals surface area (Å²) in [5.74, 6) is -0.306. The standard InChI is InChI=1S/C21H29N3O3/c1-21(2,3)27-20(25)16-12-10-15(11-13-16)14-26-18-9-7-5-6-8-17-19(18)22-23-24(17)4/h10-13,18H,5-9,14H2,1-4H3. The molecule has 1 aliphatic carbocycles. The summed E-state index contributed by atoms with van der Waals surface area (Å²) >= 11 is 0. The van der Waals surface area contributed by atoms with Gasteiger partial charge in [-0.2, -0.15) is 0 Å². The second-order valence-corrected chi connectivity index (χ2v) is 8.14. The first-order valence-corrected chi connectivity index (χ1v) is 9.66. The van der Waals surface area contributed by atoms with E-state index in [2.05, 4.69) is 10.3 Å². The first-order chi connectivity index (χ1) is 12.8. The highest BCUT2D eigenvalue weighted by Crippen LogP contribution is 2.29. The molecule has 0 bridgehead atoms. The summed E-state index contributed by atoms with van der Waals surface area (Å²) in [4.78, 5) is 12.1. The predicted octanol–water partition coefficient (Wildman–Crippen LogP) is 4.14. The molecule has 0 saturated carbocycles. The number of hydrogen-bond acceptors (Lipinski definition) is 5. The van der Waals surface area contributed by atoms with E-state index in [1.807, 2.05) is 44.6 Å². The van der Waals surface area contributed by atoms with Crippen molar-refractivity contribution >= 4 is 5.97 Å². The molecule has 1 unspecified atom stereocenters. The van der Waals surface area contributed by atoms with Crippen molar-refractivity contribution < 1.29 is 14.3 Å². The highest BCUT2D eigenvalue weighted by Gasteiger charge is 2.23. The van der Waals surface area contributed by atoms with Crippen molar-refractivity contribution in [3.05, 3.63) is 46.8 Å². The highest BCUT2D eigenvalue weighted by molar-refractivity contribution is 5.89. The van der Waals surface area contributed by atoms with Crippen LogP contribution in [0.25, 0.3) is 0 Å². The van der Waals surface area contributed by atoms with Gasteiger partial charge >= 0.3 is 5.97 Å². The third kappa shape index (κ3) is 5.16. The molecule has 1 atom stereocenters. The number of aryl methyl sites for hydroxylation is 1. The second-order valence-electron chi connectivity index (χ2n) is 8.14. The Morgan fingerprint density at radius 1 is 1.19 bits per heavy atom. The van der Waals surface area contributed by atoms with Gasteiger partial charge in [-0.25, -0.2) is 4.79 Å².